The van der Waals surface area contributed by atoms with E-state index in [1.807, 2.05) is 0 Å². The van der Waals surface area contributed by atoms with E-state index < -0.39 is 24.9 Å². The molecule has 1 heterocycles. The molecule has 8 heteroatoms. The minimum Gasteiger partial charge on any atom is -0.345 e. The number of nitrogens with two attached hydrogens (primary N) is 1. The van der Waals surface area contributed by atoms with Crippen molar-refractivity contribution >= 4 is 45.6 Å². The van der Waals surface area contributed by atoms with Gasteiger partial charge in [0.05, 0.1) is 21.8 Å². The third-order valence-electron chi connectivity index (χ3n) is 1.60. The zero-order valence-electron chi connectivity index (χ0n) is 8.00. The first-order chi connectivity index (χ1) is 6.94. The van der Waals surface area contributed by atoms with Crippen LogP contribution < -0.4 is 11.1 Å². The summed E-state index contributed by atoms with van der Waals surface area (Å²) in [5.74, 6) is -3.57. The molecule has 0 aromatic carbocycles. The molecular formula is C8H10BrClF2N2OS. The highest BCUT2D eigenvalue weighted by atomic mass is 79.9. The molecule has 0 aliphatic carbocycles. The second-order valence-corrected chi connectivity index (χ2v) is 5.31. The van der Waals surface area contributed by atoms with Crippen molar-refractivity contribution in [1.29, 1.82) is 0 Å². The van der Waals surface area contributed by atoms with E-state index in [-0.39, 0.29) is 12.4 Å². The van der Waals surface area contributed by atoms with Crippen molar-refractivity contribution in [2.45, 2.75) is 5.92 Å². The number of halogens is 4. The molecule has 3 N–H and O–H groups in total. The van der Waals surface area contributed by atoms with Gasteiger partial charge in [-0.2, -0.15) is 0 Å². The topological polar surface area (TPSA) is 55.1 Å². The summed E-state index contributed by atoms with van der Waals surface area (Å²) in [6.07, 6.45) is 0. The van der Waals surface area contributed by atoms with Gasteiger partial charge < -0.3 is 11.1 Å². The zero-order valence-corrected chi connectivity index (χ0v) is 11.2. The van der Waals surface area contributed by atoms with Crippen molar-refractivity contribution < 1.29 is 13.6 Å². The number of hydrogen-bond acceptors (Lipinski definition) is 3. The van der Waals surface area contributed by atoms with E-state index in [9.17, 15) is 13.6 Å². The van der Waals surface area contributed by atoms with Gasteiger partial charge in [-0.25, -0.2) is 8.78 Å². The van der Waals surface area contributed by atoms with Gasteiger partial charge in [0.1, 0.15) is 0 Å². The Bertz CT molecular complexity index is 362. The minimum atomic E-state index is -3.05. The largest absolute Gasteiger partial charge is 0.345 e. The predicted molar refractivity (Wildman–Crippen MR) is 65.6 cm³/mol. The maximum absolute atomic E-state index is 12.7. The minimum absolute atomic E-state index is 0. The summed E-state index contributed by atoms with van der Waals surface area (Å²) < 4.78 is 26.2. The number of carbonyl (C=O) groups is 1. The fourth-order valence-electron chi connectivity index (χ4n) is 0.805. The van der Waals surface area contributed by atoms with Crippen molar-refractivity contribution in [3.8, 4) is 0 Å². The summed E-state index contributed by atoms with van der Waals surface area (Å²) in [5, 5.41) is 2.12. The van der Waals surface area contributed by atoms with Gasteiger partial charge >= 0.3 is 0 Å². The number of alkyl halides is 2. The summed E-state index contributed by atoms with van der Waals surface area (Å²) in [7, 11) is 0. The number of rotatable bonds is 4. The summed E-state index contributed by atoms with van der Waals surface area (Å²) in [4.78, 5) is 11.7. The molecule has 1 aromatic heterocycles. The lowest BCUT2D eigenvalue weighted by molar-refractivity contribution is 0.0119. The van der Waals surface area contributed by atoms with Crippen LogP contribution >= 0.6 is 39.7 Å². The van der Waals surface area contributed by atoms with Gasteiger partial charge in [-0.15, -0.1) is 23.7 Å². The number of carbonyl (C=O) groups excluding carboxylic acids is 1. The van der Waals surface area contributed by atoms with Crippen LogP contribution in [-0.2, 0) is 0 Å². The van der Waals surface area contributed by atoms with Crippen LogP contribution in [0.2, 0.25) is 0 Å². The first kappa shape index (κ1) is 15.8. The highest BCUT2D eigenvalue weighted by Gasteiger charge is 2.27. The fourth-order valence-corrected chi connectivity index (χ4v) is 2.11. The molecule has 0 radical (unpaired) electrons. The van der Waals surface area contributed by atoms with Gasteiger partial charge in [0.15, 0.2) is 0 Å². The highest BCUT2D eigenvalue weighted by Crippen LogP contribution is 2.22. The molecule has 0 saturated carbocycles. The third kappa shape index (κ3) is 4.73. The Labute approximate surface area is 110 Å². The van der Waals surface area contributed by atoms with Crippen LogP contribution in [0.25, 0.3) is 0 Å². The van der Waals surface area contributed by atoms with Crippen LogP contribution in [0.4, 0.5) is 8.78 Å². The molecule has 0 aliphatic heterocycles. The second kappa shape index (κ2) is 6.48. The maximum atomic E-state index is 12.7. The lowest BCUT2D eigenvalue weighted by Crippen LogP contribution is -2.41. The third-order valence-corrected chi connectivity index (χ3v) is 3.23. The molecule has 0 bridgehead atoms. The van der Waals surface area contributed by atoms with E-state index in [0.29, 0.717) is 4.88 Å². The molecule has 0 atom stereocenters. The summed E-state index contributed by atoms with van der Waals surface area (Å²) in [6, 6.07) is 3.24. The number of amides is 1. The van der Waals surface area contributed by atoms with E-state index in [1.165, 1.54) is 11.3 Å². The van der Waals surface area contributed by atoms with Crippen LogP contribution in [0.5, 0.6) is 0 Å². The molecule has 1 aromatic rings. The SMILES string of the molecule is Cl.NCC(F)(F)CNC(=O)c1ccc(Br)s1. The monoisotopic (exact) mass is 334 g/mol. The van der Waals surface area contributed by atoms with Gasteiger partial charge in [-0.05, 0) is 28.1 Å². The fraction of sp³-hybridized carbons (Fsp3) is 0.375. The molecule has 1 rings (SSSR count). The number of nitrogens with one attached hydrogen (secondary N) is 1. The van der Waals surface area contributed by atoms with Crippen molar-refractivity contribution in [2.75, 3.05) is 13.1 Å². The standard InChI is InChI=1S/C8H9BrF2N2OS.ClH/c9-6-2-1-5(15-6)7(14)13-4-8(10,11)3-12;/h1-2H,3-4,12H2,(H,13,14);1H. The first-order valence-electron chi connectivity index (χ1n) is 4.06. The van der Waals surface area contributed by atoms with E-state index in [1.54, 1.807) is 12.1 Å². The lowest BCUT2D eigenvalue weighted by atomic mass is 10.3. The van der Waals surface area contributed by atoms with E-state index >= 15 is 0 Å². The van der Waals surface area contributed by atoms with E-state index in [0.717, 1.165) is 3.79 Å². The molecule has 0 saturated heterocycles. The molecule has 16 heavy (non-hydrogen) atoms. The van der Waals surface area contributed by atoms with Crippen LogP contribution in [0, 0.1) is 0 Å². The molecule has 1 amide bonds. The molecule has 0 unspecified atom stereocenters. The Balaban J connectivity index is 0.00000225. The Morgan fingerprint density at radius 2 is 2.19 bits per heavy atom. The average molecular weight is 336 g/mol. The van der Waals surface area contributed by atoms with E-state index in [2.05, 4.69) is 21.2 Å². The van der Waals surface area contributed by atoms with Crippen LogP contribution in [0.1, 0.15) is 9.67 Å². The van der Waals surface area contributed by atoms with Crippen molar-refractivity contribution in [3.05, 3.63) is 20.8 Å². The first-order valence-corrected chi connectivity index (χ1v) is 5.67. The number of hydrogen-bond donors (Lipinski definition) is 2. The van der Waals surface area contributed by atoms with Crippen molar-refractivity contribution in [1.82, 2.24) is 5.32 Å². The molecule has 3 nitrogen and oxygen atoms in total. The van der Waals surface area contributed by atoms with Crippen LogP contribution in [-0.4, -0.2) is 24.9 Å². The maximum Gasteiger partial charge on any atom is 0.277 e. The Kier molecular flexibility index (Phi) is 6.39. The normalized spacial score (nSPS) is 10.8. The molecule has 92 valence electrons. The van der Waals surface area contributed by atoms with Crippen molar-refractivity contribution in [3.63, 3.8) is 0 Å². The summed E-state index contributed by atoms with van der Waals surface area (Å²) >= 11 is 4.36. The van der Waals surface area contributed by atoms with Gasteiger partial charge in [-0.1, -0.05) is 0 Å². The molecule has 0 aliphatic rings. The Hall–Kier alpha value is -0.240. The molecule has 0 fully saturated rings. The highest BCUT2D eigenvalue weighted by molar-refractivity contribution is 9.11. The van der Waals surface area contributed by atoms with Gasteiger partial charge in [0, 0.05) is 0 Å². The van der Waals surface area contributed by atoms with Crippen LogP contribution in [0.3, 0.4) is 0 Å². The predicted octanol–water partition coefficient (Wildman–Crippen LogP) is 2.26. The number of thiophene rings is 1. The molecular weight excluding hydrogens is 326 g/mol. The summed E-state index contributed by atoms with van der Waals surface area (Å²) in [5.41, 5.74) is 4.83. The summed E-state index contributed by atoms with van der Waals surface area (Å²) in [6.45, 7) is -1.51. The van der Waals surface area contributed by atoms with Gasteiger partial charge in [0.25, 0.3) is 11.8 Å². The Morgan fingerprint density at radius 3 is 2.62 bits per heavy atom. The molecule has 0 spiro atoms. The zero-order chi connectivity index (χ0) is 11.5. The quantitative estimate of drug-likeness (QED) is 0.887. The smallest absolute Gasteiger partial charge is 0.277 e. The van der Waals surface area contributed by atoms with Crippen molar-refractivity contribution in [2.24, 2.45) is 5.73 Å². The Morgan fingerprint density at radius 1 is 1.56 bits per heavy atom. The second-order valence-electron chi connectivity index (χ2n) is 2.85. The van der Waals surface area contributed by atoms with Crippen LogP contribution in [0.15, 0.2) is 15.9 Å². The van der Waals surface area contributed by atoms with E-state index in [4.69, 9.17) is 5.73 Å². The van der Waals surface area contributed by atoms with Gasteiger partial charge in [0.2, 0.25) is 0 Å². The van der Waals surface area contributed by atoms with Gasteiger partial charge in [-0.3, -0.25) is 4.79 Å². The average Bonchev–Trinajstić information content (AvgIpc) is 2.61. The lowest BCUT2D eigenvalue weighted by Gasteiger charge is -2.13.